The van der Waals surface area contributed by atoms with Crippen molar-refractivity contribution in [3.63, 3.8) is 0 Å². The standard InChI is InChI=1S/C15H14ClN/c16-14-8-6-13(7-9-14)15-11-17(15)10-12-4-2-1-3-5-12/h1-9,15H,10-11H2/t15-,17?/m0/s1. The van der Waals surface area contributed by atoms with Crippen molar-refractivity contribution in [1.29, 1.82) is 0 Å². The smallest absolute Gasteiger partial charge is 0.0479 e. The van der Waals surface area contributed by atoms with Gasteiger partial charge in [0.2, 0.25) is 0 Å². The third kappa shape index (κ3) is 2.51. The number of halogens is 1. The van der Waals surface area contributed by atoms with E-state index in [1.165, 1.54) is 11.1 Å². The minimum atomic E-state index is 0.576. The highest BCUT2D eigenvalue weighted by Crippen LogP contribution is 2.36. The molecule has 86 valence electrons. The molecule has 0 radical (unpaired) electrons. The summed E-state index contributed by atoms with van der Waals surface area (Å²) in [6.45, 7) is 2.19. The quantitative estimate of drug-likeness (QED) is 0.739. The molecule has 1 fully saturated rings. The molecule has 2 aromatic carbocycles. The first-order valence-corrected chi connectivity index (χ1v) is 6.24. The zero-order valence-electron chi connectivity index (χ0n) is 9.51. The van der Waals surface area contributed by atoms with E-state index in [1.807, 2.05) is 12.1 Å². The van der Waals surface area contributed by atoms with Gasteiger partial charge < -0.3 is 0 Å². The van der Waals surface area contributed by atoms with Gasteiger partial charge in [0.25, 0.3) is 0 Å². The molecule has 0 N–H and O–H groups in total. The average molecular weight is 244 g/mol. The number of rotatable bonds is 3. The van der Waals surface area contributed by atoms with E-state index in [-0.39, 0.29) is 0 Å². The van der Waals surface area contributed by atoms with Gasteiger partial charge in [-0.2, -0.15) is 0 Å². The minimum absolute atomic E-state index is 0.576. The maximum atomic E-state index is 5.89. The lowest BCUT2D eigenvalue weighted by Crippen LogP contribution is -1.98. The van der Waals surface area contributed by atoms with Crippen molar-refractivity contribution in [2.45, 2.75) is 12.6 Å². The van der Waals surface area contributed by atoms with Gasteiger partial charge in [0.1, 0.15) is 0 Å². The molecule has 17 heavy (non-hydrogen) atoms. The highest BCUT2D eigenvalue weighted by molar-refractivity contribution is 6.30. The molecule has 2 atom stereocenters. The number of benzene rings is 2. The molecule has 0 bridgehead atoms. The van der Waals surface area contributed by atoms with Crippen LogP contribution in [0.2, 0.25) is 5.02 Å². The van der Waals surface area contributed by atoms with Crippen molar-refractivity contribution >= 4 is 11.6 Å². The van der Waals surface area contributed by atoms with Gasteiger partial charge in [-0.05, 0) is 23.3 Å². The Bertz CT molecular complexity index is 492. The SMILES string of the molecule is Clc1ccc([C@@H]2CN2Cc2ccccc2)cc1. The molecule has 1 aliphatic heterocycles. The zero-order chi connectivity index (χ0) is 11.7. The minimum Gasteiger partial charge on any atom is -0.289 e. The lowest BCUT2D eigenvalue weighted by atomic mass is 10.1. The Morgan fingerprint density at radius 2 is 1.71 bits per heavy atom. The Kier molecular flexibility index (Phi) is 2.87. The van der Waals surface area contributed by atoms with E-state index in [1.54, 1.807) is 0 Å². The Morgan fingerprint density at radius 1 is 1.00 bits per heavy atom. The second-order valence-corrected chi connectivity index (χ2v) is 4.92. The fourth-order valence-electron chi connectivity index (χ4n) is 2.17. The van der Waals surface area contributed by atoms with E-state index < -0.39 is 0 Å². The number of hydrogen-bond donors (Lipinski definition) is 0. The largest absolute Gasteiger partial charge is 0.289 e. The summed E-state index contributed by atoms with van der Waals surface area (Å²) in [7, 11) is 0. The van der Waals surface area contributed by atoms with Crippen molar-refractivity contribution < 1.29 is 0 Å². The molecule has 1 aliphatic rings. The van der Waals surface area contributed by atoms with Crippen LogP contribution in [0.5, 0.6) is 0 Å². The van der Waals surface area contributed by atoms with Gasteiger partial charge >= 0.3 is 0 Å². The third-order valence-corrected chi connectivity index (χ3v) is 3.45. The zero-order valence-corrected chi connectivity index (χ0v) is 10.3. The highest BCUT2D eigenvalue weighted by atomic mass is 35.5. The van der Waals surface area contributed by atoms with Crippen LogP contribution in [0.15, 0.2) is 54.6 Å². The van der Waals surface area contributed by atoms with E-state index in [0.717, 1.165) is 18.1 Å². The first kappa shape index (κ1) is 10.8. The molecule has 0 aliphatic carbocycles. The molecular formula is C15H14ClN. The van der Waals surface area contributed by atoms with Gasteiger partial charge in [0, 0.05) is 24.2 Å². The molecule has 1 saturated heterocycles. The summed E-state index contributed by atoms with van der Waals surface area (Å²) >= 11 is 5.89. The Labute approximate surface area is 107 Å². The summed E-state index contributed by atoms with van der Waals surface area (Å²) in [6.07, 6.45) is 0. The molecule has 1 nitrogen and oxygen atoms in total. The Hall–Kier alpha value is -1.31. The van der Waals surface area contributed by atoms with Crippen LogP contribution >= 0.6 is 11.6 Å². The van der Waals surface area contributed by atoms with Gasteiger partial charge in [-0.25, -0.2) is 0 Å². The van der Waals surface area contributed by atoms with Crippen molar-refractivity contribution in [2.75, 3.05) is 6.54 Å². The monoisotopic (exact) mass is 243 g/mol. The van der Waals surface area contributed by atoms with Crippen LogP contribution in [0.3, 0.4) is 0 Å². The highest BCUT2D eigenvalue weighted by Gasteiger charge is 2.34. The summed E-state index contributed by atoms with van der Waals surface area (Å²) in [5.74, 6) is 0. The topological polar surface area (TPSA) is 3.01 Å². The van der Waals surface area contributed by atoms with E-state index in [0.29, 0.717) is 6.04 Å². The van der Waals surface area contributed by atoms with Crippen LogP contribution in [-0.4, -0.2) is 11.4 Å². The van der Waals surface area contributed by atoms with Crippen molar-refractivity contribution in [2.24, 2.45) is 0 Å². The van der Waals surface area contributed by atoms with Crippen LogP contribution in [0.25, 0.3) is 0 Å². The first-order valence-electron chi connectivity index (χ1n) is 5.86. The van der Waals surface area contributed by atoms with Crippen LogP contribution in [-0.2, 0) is 6.54 Å². The van der Waals surface area contributed by atoms with Gasteiger partial charge in [0.15, 0.2) is 0 Å². The van der Waals surface area contributed by atoms with Crippen molar-refractivity contribution in [3.8, 4) is 0 Å². The first-order chi connectivity index (χ1) is 8.33. The van der Waals surface area contributed by atoms with Crippen LogP contribution < -0.4 is 0 Å². The predicted molar refractivity (Wildman–Crippen MR) is 71.0 cm³/mol. The fraction of sp³-hybridized carbons (Fsp3) is 0.200. The van der Waals surface area contributed by atoms with Gasteiger partial charge in [-0.15, -0.1) is 0 Å². The lowest BCUT2D eigenvalue weighted by molar-refractivity contribution is 0.509. The molecule has 2 heteroatoms. The van der Waals surface area contributed by atoms with Crippen molar-refractivity contribution in [3.05, 3.63) is 70.7 Å². The number of nitrogens with zero attached hydrogens (tertiary/aromatic N) is 1. The molecule has 0 saturated carbocycles. The molecular weight excluding hydrogens is 230 g/mol. The Balaban J connectivity index is 1.65. The van der Waals surface area contributed by atoms with E-state index in [4.69, 9.17) is 11.6 Å². The maximum Gasteiger partial charge on any atom is 0.0479 e. The van der Waals surface area contributed by atoms with Gasteiger partial charge in [-0.1, -0.05) is 54.1 Å². The maximum absolute atomic E-state index is 5.89. The average Bonchev–Trinajstić information content (AvgIpc) is 3.11. The van der Waals surface area contributed by atoms with E-state index in [2.05, 4.69) is 47.4 Å². The Morgan fingerprint density at radius 3 is 2.41 bits per heavy atom. The third-order valence-electron chi connectivity index (χ3n) is 3.20. The van der Waals surface area contributed by atoms with Crippen molar-refractivity contribution in [1.82, 2.24) is 4.90 Å². The fourth-order valence-corrected chi connectivity index (χ4v) is 2.29. The molecule has 1 heterocycles. The van der Waals surface area contributed by atoms with Crippen LogP contribution in [0.4, 0.5) is 0 Å². The van der Waals surface area contributed by atoms with Crippen LogP contribution in [0, 0.1) is 0 Å². The summed E-state index contributed by atoms with van der Waals surface area (Å²) < 4.78 is 0. The van der Waals surface area contributed by atoms with Crippen LogP contribution in [0.1, 0.15) is 17.2 Å². The normalized spacial score (nSPS) is 22.4. The summed E-state index contributed by atoms with van der Waals surface area (Å²) in [5.41, 5.74) is 2.74. The summed E-state index contributed by atoms with van der Waals surface area (Å²) in [6, 6.07) is 19.4. The van der Waals surface area contributed by atoms with E-state index in [9.17, 15) is 0 Å². The summed E-state index contributed by atoms with van der Waals surface area (Å²) in [4.78, 5) is 2.46. The van der Waals surface area contributed by atoms with E-state index >= 15 is 0 Å². The second kappa shape index (κ2) is 4.52. The lowest BCUT2D eigenvalue weighted by Gasteiger charge is -2.04. The van der Waals surface area contributed by atoms with Gasteiger partial charge in [0.05, 0.1) is 0 Å². The number of hydrogen-bond acceptors (Lipinski definition) is 1. The molecule has 0 aromatic heterocycles. The molecule has 0 spiro atoms. The predicted octanol–water partition coefficient (Wildman–Crippen LogP) is 3.90. The molecule has 2 aromatic rings. The molecule has 3 rings (SSSR count). The second-order valence-electron chi connectivity index (χ2n) is 4.48. The molecule has 0 amide bonds. The summed E-state index contributed by atoms with van der Waals surface area (Å²) in [5, 5.41) is 0.809. The van der Waals surface area contributed by atoms with Gasteiger partial charge in [-0.3, -0.25) is 4.90 Å². The molecule has 1 unspecified atom stereocenters.